The van der Waals surface area contributed by atoms with Crippen LogP contribution in [-0.4, -0.2) is 34.2 Å². The Morgan fingerprint density at radius 2 is 1.41 bits per heavy atom. The van der Waals surface area contributed by atoms with Crippen molar-refractivity contribution in [2.24, 2.45) is 15.9 Å². The highest BCUT2D eigenvalue weighted by atomic mass is 16.3. The van der Waals surface area contributed by atoms with Crippen molar-refractivity contribution in [3.8, 4) is 11.5 Å². The second-order valence-electron chi connectivity index (χ2n) is 12.1. The Labute approximate surface area is 224 Å². The molecule has 0 radical (unpaired) electrons. The molecule has 4 rings (SSSR count). The maximum Gasteiger partial charge on any atom is 0.127 e. The zero-order chi connectivity index (χ0) is 26.7. The van der Waals surface area contributed by atoms with Gasteiger partial charge in [0.1, 0.15) is 11.5 Å². The van der Waals surface area contributed by atoms with Crippen LogP contribution in [0, 0.1) is 5.92 Å². The highest BCUT2D eigenvalue weighted by Crippen LogP contribution is 2.51. The number of aromatic hydroxyl groups is 2. The summed E-state index contributed by atoms with van der Waals surface area (Å²) in [7, 11) is 0. The molecule has 0 spiro atoms. The molecule has 2 aliphatic rings. The highest BCUT2D eigenvalue weighted by molar-refractivity contribution is 5.86. The summed E-state index contributed by atoms with van der Waals surface area (Å²) in [6.45, 7) is 12.9. The molecule has 37 heavy (non-hydrogen) atoms. The summed E-state index contributed by atoms with van der Waals surface area (Å²) in [5, 5.41) is 22.0. The Bertz CT molecular complexity index is 1160. The number of fused-ring (bicyclic) bond motifs is 2. The van der Waals surface area contributed by atoms with E-state index in [-0.39, 0.29) is 23.4 Å². The van der Waals surface area contributed by atoms with Gasteiger partial charge in [-0.15, -0.1) is 0 Å². The number of rotatable bonds is 10. The lowest BCUT2D eigenvalue weighted by Gasteiger charge is -2.29. The van der Waals surface area contributed by atoms with Crippen LogP contribution >= 0.6 is 0 Å². The quantitative estimate of drug-likeness (QED) is 0.322. The second kappa shape index (κ2) is 11.4. The molecule has 2 aromatic rings. The molecule has 3 unspecified atom stereocenters. The van der Waals surface area contributed by atoms with Gasteiger partial charge in [-0.2, -0.15) is 0 Å². The summed E-state index contributed by atoms with van der Waals surface area (Å²) in [5.74, 6) is 1.89. The number of nitrogens with zero attached hydrogens (tertiary/aromatic N) is 2. The van der Waals surface area contributed by atoms with E-state index in [4.69, 9.17) is 9.98 Å². The molecular formula is C33H46N2O2. The normalized spacial score (nSPS) is 23.5. The first-order chi connectivity index (χ1) is 17.7. The summed E-state index contributed by atoms with van der Waals surface area (Å²) in [4.78, 5) is 10.3. The van der Waals surface area contributed by atoms with Crippen molar-refractivity contribution in [2.45, 2.75) is 116 Å². The molecular weight excluding hydrogens is 456 g/mol. The van der Waals surface area contributed by atoms with Gasteiger partial charge in [0.25, 0.3) is 0 Å². The smallest absolute Gasteiger partial charge is 0.127 e. The van der Waals surface area contributed by atoms with Gasteiger partial charge in [0.05, 0.1) is 11.6 Å². The molecule has 0 aromatic heterocycles. The molecule has 2 saturated carbocycles. The fraction of sp³-hybridized carbons (Fsp3) is 0.576. The summed E-state index contributed by atoms with van der Waals surface area (Å²) < 4.78 is 0. The Morgan fingerprint density at radius 3 is 1.89 bits per heavy atom. The lowest BCUT2D eigenvalue weighted by Crippen LogP contribution is -2.34. The molecule has 2 bridgehead atoms. The molecule has 2 N–H and O–H groups in total. The van der Waals surface area contributed by atoms with Crippen molar-refractivity contribution in [2.75, 3.05) is 0 Å². The van der Waals surface area contributed by atoms with Crippen molar-refractivity contribution >= 4 is 12.4 Å². The fourth-order valence-corrected chi connectivity index (χ4v) is 6.40. The highest BCUT2D eigenvalue weighted by Gasteiger charge is 2.52. The van der Waals surface area contributed by atoms with Crippen molar-refractivity contribution in [1.29, 1.82) is 0 Å². The van der Waals surface area contributed by atoms with Crippen LogP contribution in [-0.2, 0) is 12.8 Å². The summed E-state index contributed by atoms with van der Waals surface area (Å²) in [6.07, 6.45) is 12.3. The summed E-state index contributed by atoms with van der Waals surface area (Å²) >= 11 is 0. The van der Waals surface area contributed by atoms with E-state index in [1.54, 1.807) is 0 Å². The monoisotopic (exact) mass is 502 g/mol. The molecule has 2 aliphatic carbocycles. The van der Waals surface area contributed by atoms with Gasteiger partial charge in [-0.1, -0.05) is 66.5 Å². The van der Waals surface area contributed by atoms with Crippen LogP contribution in [0.4, 0.5) is 0 Å². The first-order valence-corrected chi connectivity index (χ1v) is 14.5. The molecule has 0 heterocycles. The predicted molar refractivity (Wildman–Crippen MR) is 156 cm³/mol. The molecule has 3 atom stereocenters. The SMILES string of the molecule is CCCc1cc(C=NC2CC3CCC2(N=Cc2cc(CCC)cc(C(C)C)c2O)C3)c(O)c(C(C)C)c1. The van der Waals surface area contributed by atoms with Crippen molar-refractivity contribution in [3.05, 3.63) is 57.6 Å². The van der Waals surface area contributed by atoms with E-state index in [2.05, 4.69) is 65.8 Å². The summed E-state index contributed by atoms with van der Waals surface area (Å²) in [5.41, 5.74) is 5.95. The van der Waals surface area contributed by atoms with Crippen molar-refractivity contribution < 1.29 is 10.2 Å². The number of phenols is 2. The van der Waals surface area contributed by atoms with Gasteiger partial charge in [-0.05, 0) is 90.7 Å². The van der Waals surface area contributed by atoms with E-state index in [9.17, 15) is 10.2 Å². The van der Waals surface area contributed by atoms with E-state index < -0.39 is 0 Å². The molecule has 0 aliphatic heterocycles. The molecule has 200 valence electrons. The lowest BCUT2D eigenvalue weighted by atomic mass is 9.89. The number of hydrogen-bond donors (Lipinski definition) is 2. The largest absolute Gasteiger partial charge is 0.507 e. The first kappa shape index (κ1) is 27.4. The number of benzene rings is 2. The van der Waals surface area contributed by atoms with Crippen LogP contribution < -0.4 is 0 Å². The van der Waals surface area contributed by atoms with Crippen LogP contribution in [0.25, 0.3) is 0 Å². The third-order valence-corrected chi connectivity index (χ3v) is 8.44. The van der Waals surface area contributed by atoms with E-state index in [0.717, 1.165) is 67.2 Å². The van der Waals surface area contributed by atoms with Crippen LogP contribution in [0.1, 0.15) is 125 Å². The molecule has 0 amide bonds. The van der Waals surface area contributed by atoms with E-state index in [0.29, 0.717) is 17.4 Å². The van der Waals surface area contributed by atoms with Crippen molar-refractivity contribution in [1.82, 2.24) is 0 Å². The van der Waals surface area contributed by atoms with Gasteiger partial charge in [0, 0.05) is 23.6 Å². The van der Waals surface area contributed by atoms with Gasteiger partial charge in [-0.25, -0.2) is 0 Å². The Hall–Kier alpha value is -2.62. The second-order valence-corrected chi connectivity index (χ2v) is 12.1. The first-order valence-electron chi connectivity index (χ1n) is 14.5. The lowest BCUT2D eigenvalue weighted by molar-refractivity contribution is 0.367. The molecule has 4 heteroatoms. The Kier molecular flexibility index (Phi) is 8.46. The maximum atomic E-state index is 11.0. The number of phenolic OH excluding ortho intramolecular Hbond substituents is 2. The number of aliphatic imine (C=N–C) groups is 2. The van der Waals surface area contributed by atoms with Gasteiger partial charge in [0.15, 0.2) is 0 Å². The predicted octanol–water partition coefficient (Wildman–Crippen LogP) is 8.10. The maximum absolute atomic E-state index is 11.0. The average molecular weight is 503 g/mol. The van der Waals surface area contributed by atoms with Gasteiger partial charge >= 0.3 is 0 Å². The minimum Gasteiger partial charge on any atom is -0.507 e. The number of aryl methyl sites for hydroxylation is 2. The molecule has 2 fully saturated rings. The summed E-state index contributed by atoms with van der Waals surface area (Å²) in [6, 6.07) is 8.61. The van der Waals surface area contributed by atoms with Crippen LogP contribution in [0.5, 0.6) is 11.5 Å². The number of hydrogen-bond acceptors (Lipinski definition) is 4. The van der Waals surface area contributed by atoms with Crippen LogP contribution in [0.3, 0.4) is 0 Å². The third-order valence-electron chi connectivity index (χ3n) is 8.44. The standard InChI is InChI=1S/C33H46N2O2/c1-7-9-23-13-26(31(36)28(15-23)21(3)4)19-34-30-17-25-11-12-33(30,18-25)35-20-27-14-24(10-8-2)16-29(22(5)6)32(27)37/h13-16,19-22,25,30,36-37H,7-12,17-18H2,1-6H3. The molecule has 2 aromatic carbocycles. The van der Waals surface area contributed by atoms with Crippen LogP contribution in [0.2, 0.25) is 0 Å². The van der Waals surface area contributed by atoms with E-state index >= 15 is 0 Å². The molecule has 4 nitrogen and oxygen atoms in total. The van der Waals surface area contributed by atoms with E-state index in [1.807, 2.05) is 12.4 Å². The minimum atomic E-state index is -0.218. The molecule has 0 saturated heterocycles. The minimum absolute atomic E-state index is 0.102. The zero-order valence-corrected chi connectivity index (χ0v) is 23.7. The Morgan fingerprint density at radius 1 is 0.865 bits per heavy atom. The van der Waals surface area contributed by atoms with Gasteiger partial charge in [0.2, 0.25) is 0 Å². The average Bonchev–Trinajstić information content (AvgIpc) is 3.42. The topological polar surface area (TPSA) is 65.2 Å². The van der Waals surface area contributed by atoms with E-state index in [1.165, 1.54) is 17.5 Å². The van der Waals surface area contributed by atoms with Gasteiger partial charge < -0.3 is 10.2 Å². The van der Waals surface area contributed by atoms with Crippen molar-refractivity contribution in [3.63, 3.8) is 0 Å². The van der Waals surface area contributed by atoms with Crippen LogP contribution in [0.15, 0.2) is 34.3 Å². The fourth-order valence-electron chi connectivity index (χ4n) is 6.40. The Balaban J connectivity index is 1.65. The third kappa shape index (κ3) is 5.78. The zero-order valence-electron chi connectivity index (χ0n) is 23.7. The van der Waals surface area contributed by atoms with Gasteiger partial charge in [-0.3, -0.25) is 9.98 Å².